The zero-order valence-corrected chi connectivity index (χ0v) is 18.8. The lowest BCUT2D eigenvalue weighted by Crippen LogP contribution is -2.34. The molecule has 0 aliphatic carbocycles. The van der Waals surface area contributed by atoms with Crippen molar-refractivity contribution in [1.82, 2.24) is 15.3 Å². The van der Waals surface area contributed by atoms with E-state index in [0.717, 1.165) is 44.5 Å². The van der Waals surface area contributed by atoms with Gasteiger partial charge in [0.2, 0.25) is 0 Å². The molecule has 0 fully saturated rings. The second kappa shape index (κ2) is 8.78. The highest BCUT2D eigenvalue weighted by atomic mass is 16.6. The van der Waals surface area contributed by atoms with E-state index < -0.39 is 11.7 Å². The molecular formula is C25H28N4O3. The number of nitrogens with zero attached hydrogens (tertiary/aromatic N) is 1. The predicted octanol–water partition coefficient (Wildman–Crippen LogP) is 5.33. The Morgan fingerprint density at radius 3 is 2.72 bits per heavy atom. The van der Waals surface area contributed by atoms with Crippen LogP contribution in [0, 0.1) is 0 Å². The van der Waals surface area contributed by atoms with E-state index in [2.05, 4.69) is 38.8 Å². The van der Waals surface area contributed by atoms with Crippen molar-refractivity contribution in [3.63, 3.8) is 0 Å². The average Bonchev–Trinajstić information content (AvgIpc) is 3.13. The number of pyridine rings is 1. The highest BCUT2D eigenvalue weighted by Crippen LogP contribution is 2.35. The van der Waals surface area contributed by atoms with E-state index in [4.69, 9.17) is 9.47 Å². The van der Waals surface area contributed by atoms with Crippen molar-refractivity contribution in [2.45, 2.75) is 26.4 Å². The Morgan fingerprint density at radius 1 is 1.09 bits per heavy atom. The minimum absolute atomic E-state index is 0.414. The van der Waals surface area contributed by atoms with Gasteiger partial charge in [-0.3, -0.25) is 0 Å². The van der Waals surface area contributed by atoms with E-state index in [1.807, 2.05) is 57.3 Å². The van der Waals surface area contributed by atoms with Crippen LogP contribution in [-0.2, 0) is 4.74 Å². The van der Waals surface area contributed by atoms with E-state index in [1.54, 1.807) is 7.11 Å². The Labute approximate surface area is 187 Å². The predicted molar refractivity (Wildman–Crippen MR) is 128 cm³/mol. The number of hydrogen-bond donors (Lipinski definition) is 3. The molecule has 0 saturated heterocycles. The van der Waals surface area contributed by atoms with Gasteiger partial charge in [0.05, 0.1) is 12.6 Å². The standard InChI is InChI=1S/C25H28N4O3/c1-25(2,3)32-24(30)28-13-12-26-17-7-5-6-16(14-17)19-10-11-27-23-22(19)20-9-8-18(31-4)15-21(20)29-23/h5-11,14-15,26H,12-13H2,1-4H3,(H,27,29)(H,28,30). The number of rotatable bonds is 6. The number of aromatic amines is 1. The number of carbonyl (C=O) groups is 1. The van der Waals surface area contributed by atoms with Crippen molar-refractivity contribution in [2.75, 3.05) is 25.5 Å². The molecule has 0 spiro atoms. The van der Waals surface area contributed by atoms with Gasteiger partial charge in [0, 0.05) is 41.8 Å². The molecular weight excluding hydrogens is 404 g/mol. The molecule has 7 heteroatoms. The van der Waals surface area contributed by atoms with Gasteiger partial charge in [-0.25, -0.2) is 9.78 Å². The Bertz CT molecular complexity index is 1260. The number of carbonyl (C=O) groups excluding carboxylic acids is 1. The number of nitrogens with one attached hydrogen (secondary N) is 3. The molecule has 166 valence electrons. The largest absolute Gasteiger partial charge is 0.497 e. The Hall–Kier alpha value is -3.74. The summed E-state index contributed by atoms with van der Waals surface area (Å²) in [5.74, 6) is 0.803. The first-order valence-electron chi connectivity index (χ1n) is 10.6. The van der Waals surface area contributed by atoms with Gasteiger partial charge in [-0.15, -0.1) is 0 Å². The summed E-state index contributed by atoms with van der Waals surface area (Å²) in [5, 5.41) is 8.29. The summed E-state index contributed by atoms with van der Waals surface area (Å²) in [4.78, 5) is 19.7. The number of methoxy groups -OCH3 is 1. The summed E-state index contributed by atoms with van der Waals surface area (Å²) >= 11 is 0. The fourth-order valence-electron chi connectivity index (χ4n) is 3.65. The Kier molecular flexibility index (Phi) is 5.90. The zero-order valence-electron chi connectivity index (χ0n) is 18.8. The zero-order chi connectivity index (χ0) is 22.7. The van der Waals surface area contributed by atoms with Crippen molar-refractivity contribution in [3.05, 3.63) is 54.7 Å². The molecule has 4 aromatic rings. The first kappa shape index (κ1) is 21.5. The number of H-pyrrole nitrogens is 1. The molecule has 1 amide bonds. The van der Waals surface area contributed by atoms with Gasteiger partial charge in [0.25, 0.3) is 0 Å². The fraction of sp³-hybridized carbons (Fsp3) is 0.280. The maximum Gasteiger partial charge on any atom is 0.407 e. The molecule has 7 nitrogen and oxygen atoms in total. The summed E-state index contributed by atoms with van der Waals surface area (Å²) < 4.78 is 10.6. The van der Waals surface area contributed by atoms with Crippen LogP contribution in [0.3, 0.4) is 0 Å². The normalized spacial score (nSPS) is 11.5. The van der Waals surface area contributed by atoms with Crippen molar-refractivity contribution in [3.8, 4) is 16.9 Å². The van der Waals surface area contributed by atoms with Crippen LogP contribution in [-0.4, -0.2) is 41.9 Å². The van der Waals surface area contributed by atoms with Gasteiger partial charge in [0.15, 0.2) is 0 Å². The third kappa shape index (κ3) is 4.77. The topological polar surface area (TPSA) is 88.3 Å². The molecule has 3 N–H and O–H groups in total. The van der Waals surface area contributed by atoms with E-state index in [-0.39, 0.29) is 0 Å². The van der Waals surface area contributed by atoms with E-state index in [9.17, 15) is 4.79 Å². The molecule has 2 aromatic carbocycles. The molecule has 0 unspecified atom stereocenters. The smallest absolute Gasteiger partial charge is 0.407 e. The second-order valence-corrected chi connectivity index (χ2v) is 8.55. The third-order valence-electron chi connectivity index (χ3n) is 5.00. The molecule has 0 radical (unpaired) electrons. The average molecular weight is 433 g/mol. The first-order chi connectivity index (χ1) is 15.3. The van der Waals surface area contributed by atoms with Crippen LogP contribution < -0.4 is 15.4 Å². The number of hydrogen-bond acceptors (Lipinski definition) is 5. The molecule has 4 rings (SSSR count). The number of amides is 1. The van der Waals surface area contributed by atoms with Crippen LogP contribution in [0.1, 0.15) is 20.8 Å². The summed E-state index contributed by atoms with van der Waals surface area (Å²) in [6, 6.07) is 16.2. The lowest BCUT2D eigenvalue weighted by atomic mass is 10.0. The van der Waals surface area contributed by atoms with E-state index >= 15 is 0 Å². The Balaban J connectivity index is 1.53. The molecule has 0 aliphatic heterocycles. The minimum atomic E-state index is -0.505. The van der Waals surface area contributed by atoms with Gasteiger partial charge >= 0.3 is 6.09 Å². The van der Waals surface area contributed by atoms with Gasteiger partial charge < -0.3 is 25.1 Å². The number of alkyl carbamates (subject to hydrolysis) is 1. The maximum absolute atomic E-state index is 11.8. The lowest BCUT2D eigenvalue weighted by Gasteiger charge is -2.19. The molecule has 0 aliphatic rings. The van der Waals surface area contributed by atoms with Crippen LogP contribution >= 0.6 is 0 Å². The number of benzene rings is 2. The van der Waals surface area contributed by atoms with Crippen LogP contribution in [0.5, 0.6) is 5.75 Å². The van der Waals surface area contributed by atoms with E-state index in [0.29, 0.717) is 13.1 Å². The quantitative estimate of drug-likeness (QED) is 0.359. The first-order valence-corrected chi connectivity index (χ1v) is 10.6. The second-order valence-electron chi connectivity index (χ2n) is 8.55. The molecule has 0 atom stereocenters. The van der Waals surface area contributed by atoms with E-state index in [1.165, 1.54) is 0 Å². The monoisotopic (exact) mass is 432 g/mol. The third-order valence-corrected chi connectivity index (χ3v) is 5.00. The van der Waals surface area contributed by atoms with Crippen molar-refractivity contribution in [1.29, 1.82) is 0 Å². The molecule has 2 heterocycles. The van der Waals surface area contributed by atoms with Crippen LogP contribution in [0.4, 0.5) is 10.5 Å². The van der Waals surface area contributed by atoms with Gasteiger partial charge in [-0.2, -0.15) is 0 Å². The van der Waals surface area contributed by atoms with Crippen LogP contribution in [0.15, 0.2) is 54.7 Å². The van der Waals surface area contributed by atoms with Crippen molar-refractivity contribution < 1.29 is 14.3 Å². The fourth-order valence-corrected chi connectivity index (χ4v) is 3.65. The van der Waals surface area contributed by atoms with Crippen LogP contribution in [0.25, 0.3) is 33.1 Å². The summed E-state index contributed by atoms with van der Waals surface area (Å²) in [5.41, 5.74) is 4.48. The van der Waals surface area contributed by atoms with Crippen molar-refractivity contribution in [2.24, 2.45) is 0 Å². The molecule has 2 aromatic heterocycles. The highest BCUT2D eigenvalue weighted by Gasteiger charge is 2.15. The summed E-state index contributed by atoms with van der Waals surface area (Å²) in [7, 11) is 1.66. The van der Waals surface area contributed by atoms with Gasteiger partial charge in [-0.1, -0.05) is 12.1 Å². The van der Waals surface area contributed by atoms with Crippen molar-refractivity contribution >= 4 is 33.7 Å². The number of anilines is 1. The molecule has 0 bridgehead atoms. The lowest BCUT2D eigenvalue weighted by molar-refractivity contribution is 0.0530. The van der Waals surface area contributed by atoms with Gasteiger partial charge in [0.1, 0.15) is 17.0 Å². The maximum atomic E-state index is 11.8. The van der Waals surface area contributed by atoms with Crippen LogP contribution in [0.2, 0.25) is 0 Å². The summed E-state index contributed by atoms with van der Waals surface area (Å²) in [6.45, 7) is 6.58. The highest BCUT2D eigenvalue weighted by molar-refractivity contribution is 6.13. The number of fused-ring (bicyclic) bond motifs is 3. The Morgan fingerprint density at radius 2 is 1.94 bits per heavy atom. The summed E-state index contributed by atoms with van der Waals surface area (Å²) in [6.07, 6.45) is 1.40. The minimum Gasteiger partial charge on any atom is -0.497 e. The molecule has 32 heavy (non-hydrogen) atoms. The number of ether oxygens (including phenoxy) is 2. The molecule has 0 saturated carbocycles. The SMILES string of the molecule is COc1ccc2c(c1)[nH]c1nccc(-c3cccc(NCCNC(=O)OC(C)(C)C)c3)c12. The van der Waals surface area contributed by atoms with Gasteiger partial charge in [-0.05, 0) is 62.2 Å². The number of aromatic nitrogens is 2.